The lowest BCUT2D eigenvalue weighted by molar-refractivity contribution is -0.118. The molecule has 0 unspecified atom stereocenters. The smallest absolute Gasteiger partial charge is 0.179 e. The molecule has 0 spiro atoms. The number of carbonyl (C=O) groups excluding carboxylic acids is 1. The minimum atomic E-state index is -0.242. The van der Waals surface area contributed by atoms with Crippen LogP contribution in [0.25, 0.3) is 10.8 Å². The summed E-state index contributed by atoms with van der Waals surface area (Å²) in [5, 5.41) is 6.34. The summed E-state index contributed by atoms with van der Waals surface area (Å²) in [7, 11) is 3.17. The number of allylic oxidation sites excluding steroid dienone is 2. The summed E-state index contributed by atoms with van der Waals surface area (Å²) in [6.07, 6.45) is 1.34. The van der Waals surface area contributed by atoms with Crippen molar-refractivity contribution in [1.29, 1.82) is 0 Å². The Morgan fingerprint density at radius 2 is 1.81 bits per heavy atom. The molecule has 1 atom stereocenters. The molecule has 3 aromatic carbocycles. The summed E-state index contributed by atoms with van der Waals surface area (Å²) in [4.78, 5) is 13.5. The van der Waals surface area contributed by atoms with Crippen LogP contribution in [0.15, 0.2) is 59.8 Å². The molecule has 1 aliphatic heterocycles. The standard InChI is InChI=1S/C27H26ClNO3/c1-27(2)13-20-25(21(30)14-27)23(16-11-18(28)26(32-4)22(12-16)31-3)24-17-8-6-5-7-15(17)9-10-19(24)29-20/h5-12,23,29H,13-14H2,1-4H3/t23-/m0/s1. The molecule has 164 valence electrons. The summed E-state index contributed by atoms with van der Waals surface area (Å²) in [5.41, 5.74) is 4.80. The Hall–Kier alpha value is -2.98. The molecule has 0 amide bonds. The van der Waals surface area contributed by atoms with Gasteiger partial charge in [-0.2, -0.15) is 0 Å². The van der Waals surface area contributed by atoms with Crippen molar-refractivity contribution < 1.29 is 14.3 Å². The number of anilines is 1. The number of ketones is 1. The fourth-order valence-corrected chi connectivity index (χ4v) is 5.54. The van der Waals surface area contributed by atoms with Crippen LogP contribution in [-0.4, -0.2) is 20.0 Å². The summed E-state index contributed by atoms with van der Waals surface area (Å²) in [6, 6.07) is 16.4. The molecule has 1 heterocycles. The maximum Gasteiger partial charge on any atom is 0.179 e. The van der Waals surface area contributed by atoms with E-state index in [2.05, 4.69) is 43.4 Å². The van der Waals surface area contributed by atoms with E-state index in [9.17, 15) is 4.79 Å². The van der Waals surface area contributed by atoms with Crippen LogP contribution in [-0.2, 0) is 4.79 Å². The highest BCUT2D eigenvalue weighted by Crippen LogP contribution is 2.52. The minimum Gasteiger partial charge on any atom is -0.493 e. The van der Waals surface area contributed by atoms with Crippen molar-refractivity contribution in [2.75, 3.05) is 19.5 Å². The number of hydrogen-bond donors (Lipinski definition) is 1. The Morgan fingerprint density at radius 1 is 1.03 bits per heavy atom. The zero-order valence-electron chi connectivity index (χ0n) is 18.7. The molecule has 0 fully saturated rings. The third kappa shape index (κ3) is 3.25. The van der Waals surface area contributed by atoms with E-state index in [4.69, 9.17) is 21.1 Å². The predicted molar refractivity (Wildman–Crippen MR) is 129 cm³/mol. The van der Waals surface area contributed by atoms with Crippen molar-refractivity contribution in [3.05, 3.63) is 76.0 Å². The van der Waals surface area contributed by atoms with Gasteiger partial charge in [0.1, 0.15) is 0 Å². The number of hydrogen-bond acceptors (Lipinski definition) is 4. The van der Waals surface area contributed by atoms with Gasteiger partial charge in [-0.05, 0) is 51.9 Å². The topological polar surface area (TPSA) is 47.6 Å². The van der Waals surface area contributed by atoms with Gasteiger partial charge >= 0.3 is 0 Å². The molecule has 1 aliphatic carbocycles. The fraction of sp³-hybridized carbons (Fsp3) is 0.296. The molecule has 2 aliphatic rings. The van der Waals surface area contributed by atoms with Gasteiger partial charge in [0.2, 0.25) is 0 Å². The number of Topliss-reactive ketones (excluding diaryl/α,β-unsaturated/α-hetero) is 1. The average molecular weight is 448 g/mol. The molecule has 32 heavy (non-hydrogen) atoms. The zero-order valence-corrected chi connectivity index (χ0v) is 19.5. The van der Waals surface area contributed by atoms with Crippen molar-refractivity contribution >= 4 is 33.8 Å². The first-order chi connectivity index (χ1) is 15.3. The van der Waals surface area contributed by atoms with Crippen molar-refractivity contribution in [3.63, 3.8) is 0 Å². The third-order valence-corrected chi connectivity index (χ3v) is 6.82. The maximum absolute atomic E-state index is 13.5. The van der Waals surface area contributed by atoms with E-state index >= 15 is 0 Å². The molecule has 0 saturated heterocycles. The number of nitrogens with one attached hydrogen (secondary N) is 1. The fourth-order valence-electron chi connectivity index (χ4n) is 5.24. The van der Waals surface area contributed by atoms with E-state index in [1.54, 1.807) is 14.2 Å². The molecule has 0 radical (unpaired) electrons. The van der Waals surface area contributed by atoms with Crippen LogP contribution in [0.2, 0.25) is 5.02 Å². The Labute approximate surface area is 193 Å². The van der Waals surface area contributed by atoms with Crippen LogP contribution >= 0.6 is 11.6 Å². The van der Waals surface area contributed by atoms with E-state index in [1.807, 2.05) is 24.3 Å². The second-order valence-corrected chi connectivity index (χ2v) is 9.78. The molecule has 3 aromatic rings. The van der Waals surface area contributed by atoms with Gasteiger partial charge in [-0.3, -0.25) is 4.79 Å². The number of ether oxygens (including phenoxy) is 2. The number of halogens is 1. The largest absolute Gasteiger partial charge is 0.493 e. The Morgan fingerprint density at radius 3 is 2.56 bits per heavy atom. The van der Waals surface area contributed by atoms with Gasteiger partial charge in [-0.25, -0.2) is 0 Å². The third-order valence-electron chi connectivity index (χ3n) is 6.54. The Kier molecular flexibility index (Phi) is 4.94. The van der Waals surface area contributed by atoms with Crippen LogP contribution in [0.5, 0.6) is 11.5 Å². The van der Waals surface area contributed by atoms with E-state index < -0.39 is 0 Å². The molecule has 0 aromatic heterocycles. The van der Waals surface area contributed by atoms with Crippen LogP contribution in [0, 0.1) is 5.41 Å². The Bertz CT molecular complexity index is 1290. The van der Waals surface area contributed by atoms with E-state index in [-0.39, 0.29) is 17.1 Å². The van der Waals surface area contributed by atoms with Crippen LogP contribution in [0.3, 0.4) is 0 Å². The lowest BCUT2D eigenvalue weighted by Gasteiger charge is -2.40. The highest BCUT2D eigenvalue weighted by atomic mass is 35.5. The lowest BCUT2D eigenvalue weighted by Crippen LogP contribution is -2.33. The number of methoxy groups -OCH3 is 2. The zero-order chi connectivity index (χ0) is 22.6. The first-order valence-corrected chi connectivity index (χ1v) is 11.2. The minimum absolute atomic E-state index is 0.0862. The van der Waals surface area contributed by atoms with Gasteiger partial charge in [0, 0.05) is 29.3 Å². The second-order valence-electron chi connectivity index (χ2n) is 9.38. The molecule has 4 nitrogen and oxygen atoms in total. The molecular formula is C27H26ClNO3. The summed E-state index contributed by atoms with van der Waals surface area (Å²) in [5.74, 6) is 0.989. The molecule has 1 N–H and O–H groups in total. The number of rotatable bonds is 3. The lowest BCUT2D eigenvalue weighted by atomic mass is 9.68. The average Bonchev–Trinajstić information content (AvgIpc) is 2.76. The van der Waals surface area contributed by atoms with Crippen molar-refractivity contribution in [2.24, 2.45) is 5.41 Å². The highest BCUT2D eigenvalue weighted by Gasteiger charge is 2.41. The van der Waals surface area contributed by atoms with E-state index in [0.717, 1.165) is 45.3 Å². The first kappa shape index (κ1) is 20.9. The summed E-state index contributed by atoms with van der Waals surface area (Å²) < 4.78 is 11.0. The SMILES string of the molecule is COc1cc([C@@H]2C3=C(CC(C)(C)CC3=O)Nc3ccc4ccccc4c32)cc(Cl)c1OC. The van der Waals surface area contributed by atoms with E-state index in [0.29, 0.717) is 22.9 Å². The van der Waals surface area contributed by atoms with Gasteiger partial charge in [0.05, 0.1) is 19.2 Å². The number of carbonyl (C=O) groups is 1. The van der Waals surface area contributed by atoms with Crippen LogP contribution in [0.4, 0.5) is 5.69 Å². The monoisotopic (exact) mass is 447 g/mol. The molecule has 5 heteroatoms. The normalized spacial score (nSPS) is 19.3. The van der Waals surface area contributed by atoms with Gasteiger partial charge in [-0.1, -0.05) is 55.8 Å². The van der Waals surface area contributed by atoms with Crippen molar-refractivity contribution in [1.82, 2.24) is 0 Å². The predicted octanol–water partition coefficient (Wildman–Crippen LogP) is 6.71. The molecule has 5 rings (SSSR count). The quantitative estimate of drug-likeness (QED) is 0.484. The van der Waals surface area contributed by atoms with Crippen LogP contribution in [0.1, 0.15) is 43.7 Å². The molecule has 0 bridgehead atoms. The van der Waals surface area contributed by atoms with E-state index in [1.165, 1.54) is 0 Å². The summed E-state index contributed by atoms with van der Waals surface area (Å²) >= 11 is 6.61. The number of fused-ring (bicyclic) bond motifs is 3. The van der Waals surface area contributed by atoms with Gasteiger partial charge in [0.15, 0.2) is 17.3 Å². The second kappa shape index (κ2) is 7.56. The maximum atomic E-state index is 13.5. The highest BCUT2D eigenvalue weighted by molar-refractivity contribution is 6.32. The van der Waals surface area contributed by atoms with Gasteiger partial charge in [0.25, 0.3) is 0 Å². The van der Waals surface area contributed by atoms with Gasteiger partial charge in [-0.15, -0.1) is 0 Å². The van der Waals surface area contributed by atoms with Crippen LogP contribution < -0.4 is 14.8 Å². The number of benzene rings is 3. The summed E-state index contributed by atoms with van der Waals surface area (Å²) in [6.45, 7) is 4.29. The van der Waals surface area contributed by atoms with Gasteiger partial charge < -0.3 is 14.8 Å². The molecular weight excluding hydrogens is 422 g/mol. The Balaban J connectivity index is 1.83. The van der Waals surface area contributed by atoms with Crippen molar-refractivity contribution in [3.8, 4) is 11.5 Å². The van der Waals surface area contributed by atoms with Crippen molar-refractivity contribution in [2.45, 2.75) is 32.6 Å². The first-order valence-electron chi connectivity index (χ1n) is 10.8. The molecule has 0 saturated carbocycles.